The van der Waals surface area contributed by atoms with Crippen LogP contribution in [0.25, 0.3) is 0 Å². The van der Waals surface area contributed by atoms with E-state index in [0.717, 1.165) is 48.9 Å². The van der Waals surface area contributed by atoms with Crippen molar-refractivity contribution >= 4 is 16.0 Å². The first-order chi connectivity index (χ1) is 12.2. The fourth-order valence-corrected chi connectivity index (χ4v) is 6.22. The number of rotatable bonds is 3. The molecule has 0 amide bonds. The van der Waals surface area contributed by atoms with Crippen LogP contribution in [-0.4, -0.2) is 37.9 Å². The van der Waals surface area contributed by atoms with Crippen molar-refractivity contribution in [1.82, 2.24) is 4.31 Å². The van der Waals surface area contributed by atoms with Gasteiger partial charge in [0.05, 0.1) is 17.6 Å². The molecule has 0 aromatic heterocycles. The maximum atomic E-state index is 13.3. The largest absolute Gasteiger partial charge is 0.468 e. The first kappa shape index (κ1) is 19.2. The van der Waals surface area contributed by atoms with Gasteiger partial charge in [-0.1, -0.05) is 25.0 Å². The highest BCUT2D eigenvalue weighted by Gasteiger charge is 2.52. The Morgan fingerprint density at radius 1 is 1.19 bits per heavy atom. The van der Waals surface area contributed by atoms with Gasteiger partial charge in [-0.25, -0.2) is 8.42 Å². The molecule has 1 aliphatic heterocycles. The number of ether oxygens (including phenoxy) is 1. The van der Waals surface area contributed by atoms with E-state index in [1.54, 1.807) is 0 Å². The molecular formula is C17H20F3NO4S. The van der Waals surface area contributed by atoms with E-state index in [0.29, 0.717) is 6.42 Å². The second-order valence-electron chi connectivity index (χ2n) is 6.72. The summed E-state index contributed by atoms with van der Waals surface area (Å²) in [6.07, 6.45) is -1.54. The van der Waals surface area contributed by atoms with E-state index in [4.69, 9.17) is 4.74 Å². The normalized spacial score (nSPS) is 27.2. The number of carbonyl (C=O) groups is 1. The summed E-state index contributed by atoms with van der Waals surface area (Å²) in [5.41, 5.74) is -1.22. The lowest BCUT2D eigenvalue weighted by Crippen LogP contribution is -2.46. The minimum Gasteiger partial charge on any atom is -0.468 e. The van der Waals surface area contributed by atoms with Gasteiger partial charge in [0.1, 0.15) is 6.04 Å². The first-order valence-electron chi connectivity index (χ1n) is 8.45. The summed E-state index contributed by atoms with van der Waals surface area (Å²) in [6, 6.07) is 2.53. The summed E-state index contributed by atoms with van der Waals surface area (Å²) in [6.45, 7) is 0. The second kappa shape index (κ2) is 6.84. The van der Waals surface area contributed by atoms with Crippen molar-refractivity contribution in [2.45, 2.75) is 55.3 Å². The molecule has 26 heavy (non-hydrogen) atoms. The molecule has 0 bridgehead atoms. The predicted octanol–water partition coefficient (Wildman–Crippen LogP) is 3.20. The molecule has 1 heterocycles. The van der Waals surface area contributed by atoms with E-state index in [1.807, 2.05) is 0 Å². The highest BCUT2D eigenvalue weighted by atomic mass is 32.2. The first-order valence-corrected chi connectivity index (χ1v) is 9.89. The highest BCUT2D eigenvalue weighted by Crippen LogP contribution is 2.44. The van der Waals surface area contributed by atoms with Crippen molar-refractivity contribution < 1.29 is 31.1 Å². The van der Waals surface area contributed by atoms with Gasteiger partial charge in [0.2, 0.25) is 10.0 Å². The molecule has 1 saturated heterocycles. The molecule has 1 aliphatic carbocycles. The number of sulfonamides is 1. The van der Waals surface area contributed by atoms with Crippen LogP contribution in [0, 0.1) is 5.92 Å². The molecule has 1 saturated carbocycles. The van der Waals surface area contributed by atoms with Crippen LogP contribution in [0.2, 0.25) is 0 Å². The van der Waals surface area contributed by atoms with Crippen LogP contribution in [0.1, 0.15) is 37.7 Å². The molecule has 144 valence electrons. The molecule has 0 N–H and O–H groups in total. The molecule has 2 fully saturated rings. The fraction of sp³-hybridized carbons (Fsp3) is 0.588. The topological polar surface area (TPSA) is 63.7 Å². The maximum Gasteiger partial charge on any atom is 0.417 e. The van der Waals surface area contributed by atoms with Crippen LogP contribution in [0.4, 0.5) is 13.2 Å². The summed E-state index contributed by atoms with van der Waals surface area (Å²) >= 11 is 0. The average Bonchev–Trinajstić information content (AvgIpc) is 3.00. The van der Waals surface area contributed by atoms with Gasteiger partial charge in [-0.05, 0) is 37.3 Å². The third-order valence-corrected chi connectivity index (χ3v) is 7.24. The van der Waals surface area contributed by atoms with Crippen LogP contribution in [0.5, 0.6) is 0 Å². The molecule has 3 atom stereocenters. The summed E-state index contributed by atoms with van der Waals surface area (Å²) in [5.74, 6) is -0.770. The zero-order chi connectivity index (χ0) is 19.1. The molecule has 3 rings (SSSR count). The number of hydrogen-bond donors (Lipinski definition) is 0. The predicted molar refractivity (Wildman–Crippen MR) is 86.6 cm³/mol. The zero-order valence-corrected chi connectivity index (χ0v) is 15.0. The Morgan fingerprint density at radius 2 is 1.85 bits per heavy atom. The molecule has 1 aromatic rings. The molecular weight excluding hydrogens is 371 g/mol. The Labute approximate surface area is 150 Å². The number of carbonyl (C=O) groups excluding carboxylic acids is 1. The van der Waals surface area contributed by atoms with Crippen LogP contribution >= 0.6 is 0 Å². The maximum absolute atomic E-state index is 13.3. The van der Waals surface area contributed by atoms with E-state index in [2.05, 4.69) is 0 Å². The van der Waals surface area contributed by atoms with Crippen molar-refractivity contribution in [3.8, 4) is 0 Å². The number of fused-ring (bicyclic) bond motifs is 1. The number of methoxy groups -OCH3 is 1. The van der Waals surface area contributed by atoms with E-state index in [1.165, 1.54) is 6.07 Å². The van der Waals surface area contributed by atoms with Crippen molar-refractivity contribution in [2.24, 2.45) is 5.92 Å². The van der Waals surface area contributed by atoms with Gasteiger partial charge in [0.15, 0.2) is 0 Å². The SMILES string of the molecule is COC(=O)[C@@H]1C[C@@H]2CCCC[C@H]2N1S(=O)(=O)c1ccccc1C(F)(F)F. The lowest BCUT2D eigenvalue weighted by molar-refractivity contribution is -0.144. The Morgan fingerprint density at radius 3 is 2.50 bits per heavy atom. The number of alkyl halides is 3. The number of halogens is 3. The van der Waals surface area contributed by atoms with Gasteiger partial charge in [-0.2, -0.15) is 17.5 Å². The monoisotopic (exact) mass is 391 g/mol. The second-order valence-corrected chi connectivity index (χ2v) is 8.53. The van der Waals surface area contributed by atoms with Crippen molar-refractivity contribution in [2.75, 3.05) is 7.11 Å². The Balaban J connectivity index is 2.11. The highest BCUT2D eigenvalue weighted by molar-refractivity contribution is 7.89. The van der Waals surface area contributed by atoms with Crippen LogP contribution in [-0.2, 0) is 25.7 Å². The molecule has 5 nitrogen and oxygen atoms in total. The third-order valence-electron chi connectivity index (χ3n) is 5.25. The van der Waals surface area contributed by atoms with Gasteiger partial charge in [-0.3, -0.25) is 4.79 Å². The Bertz CT molecular complexity index is 793. The number of esters is 1. The summed E-state index contributed by atoms with van der Waals surface area (Å²) in [7, 11) is -3.36. The summed E-state index contributed by atoms with van der Waals surface area (Å²) in [4.78, 5) is 11.4. The van der Waals surface area contributed by atoms with Crippen LogP contribution in [0.15, 0.2) is 29.2 Å². The van der Waals surface area contributed by atoms with E-state index < -0.39 is 44.7 Å². The van der Waals surface area contributed by atoms with Crippen molar-refractivity contribution in [3.63, 3.8) is 0 Å². The van der Waals surface area contributed by atoms with Gasteiger partial charge >= 0.3 is 12.1 Å². The third kappa shape index (κ3) is 3.22. The molecule has 2 aliphatic rings. The van der Waals surface area contributed by atoms with Crippen molar-refractivity contribution in [3.05, 3.63) is 29.8 Å². The van der Waals surface area contributed by atoms with Crippen LogP contribution in [0.3, 0.4) is 0 Å². The van der Waals surface area contributed by atoms with Gasteiger partial charge in [0.25, 0.3) is 0 Å². The minimum absolute atomic E-state index is 0.0410. The van der Waals surface area contributed by atoms with E-state index >= 15 is 0 Å². The fourth-order valence-electron chi connectivity index (χ4n) is 4.14. The standard InChI is InChI=1S/C17H20F3NO4S/c1-25-16(22)14-10-11-6-2-4-8-13(11)21(14)26(23,24)15-9-5-3-7-12(15)17(18,19)20/h3,5,7,9,11,13-14H,2,4,6,8,10H2,1H3/t11-,13+,14-/m0/s1. The number of hydrogen-bond acceptors (Lipinski definition) is 4. The van der Waals surface area contributed by atoms with E-state index in [9.17, 15) is 26.4 Å². The van der Waals surface area contributed by atoms with Gasteiger partial charge in [-0.15, -0.1) is 0 Å². The summed E-state index contributed by atoms with van der Waals surface area (Å²) < 4.78 is 72.2. The lowest BCUT2D eigenvalue weighted by Gasteiger charge is -2.32. The molecule has 1 aromatic carbocycles. The minimum atomic E-state index is -4.81. The lowest BCUT2D eigenvalue weighted by atomic mass is 9.85. The van der Waals surface area contributed by atoms with Crippen LogP contribution < -0.4 is 0 Å². The number of nitrogens with zero attached hydrogens (tertiary/aromatic N) is 1. The molecule has 0 spiro atoms. The molecule has 0 unspecified atom stereocenters. The zero-order valence-electron chi connectivity index (χ0n) is 14.2. The van der Waals surface area contributed by atoms with Crippen molar-refractivity contribution in [1.29, 1.82) is 0 Å². The number of benzene rings is 1. The van der Waals surface area contributed by atoms with E-state index in [-0.39, 0.29) is 12.3 Å². The Hall–Kier alpha value is -1.61. The molecule has 9 heteroatoms. The smallest absolute Gasteiger partial charge is 0.417 e. The Kier molecular flexibility index (Phi) is 5.04. The average molecular weight is 391 g/mol. The quantitative estimate of drug-likeness (QED) is 0.743. The molecule has 0 radical (unpaired) electrons. The van der Waals surface area contributed by atoms with Gasteiger partial charge in [0, 0.05) is 6.04 Å². The van der Waals surface area contributed by atoms with Gasteiger partial charge < -0.3 is 4.74 Å². The summed E-state index contributed by atoms with van der Waals surface area (Å²) in [5, 5.41) is 0.